The van der Waals surface area contributed by atoms with Crippen molar-refractivity contribution in [2.75, 3.05) is 23.0 Å². The van der Waals surface area contributed by atoms with Crippen LogP contribution in [0.25, 0.3) is 0 Å². The van der Waals surface area contributed by atoms with Crippen molar-refractivity contribution in [1.82, 2.24) is 4.98 Å². The van der Waals surface area contributed by atoms with Crippen molar-refractivity contribution < 1.29 is 4.79 Å². The van der Waals surface area contributed by atoms with E-state index in [1.807, 2.05) is 30.5 Å². The molecule has 23 heavy (non-hydrogen) atoms. The van der Waals surface area contributed by atoms with E-state index in [1.54, 1.807) is 18.3 Å². The lowest BCUT2D eigenvalue weighted by atomic mass is 10.2. The molecule has 0 bridgehead atoms. The second-order valence-corrected chi connectivity index (χ2v) is 6.24. The zero-order chi connectivity index (χ0) is 16.8. The van der Waals surface area contributed by atoms with Crippen LogP contribution in [0, 0.1) is 0 Å². The summed E-state index contributed by atoms with van der Waals surface area (Å²) in [5.74, 6) is -0.133. The highest BCUT2D eigenvalue weighted by Crippen LogP contribution is 2.22. The fourth-order valence-corrected chi connectivity index (χ4v) is 3.05. The maximum absolute atomic E-state index is 12.4. The van der Waals surface area contributed by atoms with E-state index >= 15 is 0 Å². The third-order valence-corrected chi connectivity index (χ3v) is 4.34. The number of anilines is 2. The molecule has 4 nitrogen and oxygen atoms in total. The van der Waals surface area contributed by atoms with Crippen LogP contribution in [0.15, 0.2) is 47.6 Å². The summed E-state index contributed by atoms with van der Waals surface area (Å²) in [7, 11) is 0. The molecule has 0 fully saturated rings. The number of nitrogens with zero attached hydrogens (tertiary/aromatic N) is 2. The van der Waals surface area contributed by atoms with Gasteiger partial charge in [-0.3, -0.25) is 4.79 Å². The average molecular weight is 329 g/mol. The van der Waals surface area contributed by atoms with Crippen LogP contribution in [0.2, 0.25) is 0 Å². The lowest BCUT2D eigenvalue weighted by molar-refractivity contribution is 0.102. The van der Waals surface area contributed by atoms with Crippen molar-refractivity contribution in [2.24, 2.45) is 0 Å². The summed E-state index contributed by atoms with van der Waals surface area (Å²) in [5, 5.41) is 3.67. The zero-order valence-electron chi connectivity index (χ0n) is 14.0. The van der Waals surface area contributed by atoms with Gasteiger partial charge in [0, 0.05) is 30.2 Å². The van der Waals surface area contributed by atoms with Gasteiger partial charge in [0.05, 0.1) is 5.56 Å². The monoisotopic (exact) mass is 329 g/mol. The first-order valence-corrected chi connectivity index (χ1v) is 8.96. The minimum absolute atomic E-state index is 0.133. The van der Waals surface area contributed by atoms with Crippen LogP contribution in [-0.2, 0) is 0 Å². The van der Waals surface area contributed by atoms with Gasteiger partial charge in [-0.25, -0.2) is 4.98 Å². The van der Waals surface area contributed by atoms with Crippen LogP contribution in [-0.4, -0.2) is 29.7 Å². The molecule has 5 heteroatoms. The zero-order valence-corrected chi connectivity index (χ0v) is 14.9. The Morgan fingerprint density at radius 3 is 2.52 bits per heavy atom. The highest BCUT2D eigenvalue weighted by atomic mass is 32.2. The van der Waals surface area contributed by atoms with Crippen LogP contribution < -0.4 is 10.2 Å². The van der Waals surface area contributed by atoms with Crippen LogP contribution in [0.5, 0.6) is 0 Å². The van der Waals surface area contributed by atoms with Crippen molar-refractivity contribution in [2.45, 2.75) is 31.8 Å². The summed E-state index contributed by atoms with van der Waals surface area (Å²) in [4.78, 5) is 18.9. The third-order valence-electron chi connectivity index (χ3n) is 3.63. The molecule has 1 aromatic carbocycles. The minimum atomic E-state index is -0.133. The second kappa shape index (κ2) is 8.02. The van der Waals surface area contributed by atoms with E-state index in [0.717, 1.165) is 22.9 Å². The molecule has 0 aliphatic heterocycles. The number of nitrogens with one attached hydrogen (secondary N) is 1. The predicted molar refractivity (Wildman–Crippen MR) is 98.6 cm³/mol. The number of hydrogen-bond donors (Lipinski definition) is 1. The van der Waals surface area contributed by atoms with Crippen LogP contribution in [0.3, 0.4) is 0 Å². The Balaban J connectivity index is 2.13. The van der Waals surface area contributed by atoms with E-state index in [4.69, 9.17) is 0 Å². The van der Waals surface area contributed by atoms with E-state index in [0.29, 0.717) is 11.6 Å². The summed E-state index contributed by atoms with van der Waals surface area (Å²) in [6, 6.07) is 12.0. The Morgan fingerprint density at radius 2 is 1.96 bits per heavy atom. The summed E-state index contributed by atoms with van der Waals surface area (Å²) < 4.78 is 0. The number of benzene rings is 1. The van der Waals surface area contributed by atoms with E-state index in [9.17, 15) is 4.79 Å². The molecule has 0 saturated heterocycles. The van der Waals surface area contributed by atoms with Gasteiger partial charge in [0.25, 0.3) is 5.91 Å². The molecule has 0 spiro atoms. The van der Waals surface area contributed by atoms with E-state index in [2.05, 4.69) is 36.0 Å². The third kappa shape index (κ3) is 4.26. The molecule has 1 aromatic heterocycles. The van der Waals surface area contributed by atoms with Gasteiger partial charge in [0.15, 0.2) is 0 Å². The lowest BCUT2D eigenvalue weighted by Gasteiger charge is -2.27. The normalized spacial score (nSPS) is 10.7. The maximum Gasteiger partial charge on any atom is 0.258 e. The fourth-order valence-electron chi connectivity index (χ4n) is 2.51. The Labute approximate surface area is 142 Å². The van der Waals surface area contributed by atoms with Crippen LogP contribution >= 0.6 is 11.8 Å². The number of carbonyl (C=O) groups excluding carboxylic acids is 1. The number of thioether (sulfide) groups is 1. The smallest absolute Gasteiger partial charge is 0.258 e. The van der Waals surface area contributed by atoms with E-state index in [1.165, 1.54) is 11.8 Å². The van der Waals surface area contributed by atoms with E-state index in [-0.39, 0.29) is 5.91 Å². The standard InChI is InChI=1S/C18H23N3OS/c1-5-21(13(2)3)15-10-8-14(9-11-15)20-17(22)16-7-6-12-19-18(16)23-4/h6-13H,5H2,1-4H3,(H,20,22). The van der Waals surface area contributed by atoms with Crippen LogP contribution in [0.4, 0.5) is 11.4 Å². The highest BCUT2D eigenvalue weighted by molar-refractivity contribution is 7.98. The number of hydrogen-bond acceptors (Lipinski definition) is 4. The number of amides is 1. The van der Waals surface area contributed by atoms with E-state index < -0.39 is 0 Å². The summed E-state index contributed by atoms with van der Waals surface area (Å²) in [6.07, 6.45) is 3.61. The first kappa shape index (κ1) is 17.3. The number of pyridine rings is 1. The van der Waals surface area contributed by atoms with Crippen molar-refractivity contribution in [3.05, 3.63) is 48.2 Å². The summed E-state index contributed by atoms with van der Waals surface area (Å²) in [6.45, 7) is 7.44. The quantitative estimate of drug-likeness (QED) is 0.803. The lowest BCUT2D eigenvalue weighted by Crippen LogP contribution is -2.30. The molecule has 0 atom stereocenters. The molecular formula is C18H23N3OS. The largest absolute Gasteiger partial charge is 0.369 e. The molecule has 2 aromatic rings. The summed E-state index contributed by atoms with van der Waals surface area (Å²) in [5.41, 5.74) is 2.54. The number of rotatable bonds is 6. The van der Waals surface area contributed by atoms with Gasteiger partial charge in [0.2, 0.25) is 0 Å². The van der Waals surface area contributed by atoms with Gasteiger partial charge < -0.3 is 10.2 Å². The fraction of sp³-hybridized carbons (Fsp3) is 0.333. The Morgan fingerprint density at radius 1 is 1.26 bits per heavy atom. The van der Waals surface area contributed by atoms with Crippen molar-refractivity contribution in [1.29, 1.82) is 0 Å². The van der Waals surface area contributed by atoms with Gasteiger partial charge in [-0.15, -0.1) is 11.8 Å². The number of carbonyl (C=O) groups is 1. The topological polar surface area (TPSA) is 45.2 Å². The molecule has 1 N–H and O–H groups in total. The molecule has 0 saturated carbocycles. The highest BCUT2D eigenvalue weighted by Gasteiger charge is 2.12. The second-order valence-electron chi connectivity index (χ2n) is 5.44. The van der Waals surface area contributed by atoms with Gasteiger partial charge in [-0.2, -0.15) is 0 Å². The molecule has 2 rings (SSSR count). The molecule has 1 heterocycles. The van der Waals surface area contributed by atoms with Gasteiger partial charge >= 0.3 is 0 Å². The Hall–Kier alpha value is -2.01. The Bertz CT molecular complexity index is 656. The molecule has 0 radical (unpaired) electrons. The molecule has 122 valence electrons. The first-order chi connectivity index (χ1) is 11.1. The molecular weight excluding hydrogens is 306 g/mol. The SMILES string of the molecule is CCN(c1ccc(NC(=O)c2cccnc2SC)cc1)C(C)C. The maximum atomic E-state index is 12.4. The number of aromatic nitrogens is 1. The van der Waals surface area contributed by atoms with Gasteiger partial charge in [-0.1, -0.05) is 0 Å². The van der Waals surface area contributed by atoms with Crippen molar-refractivity contribution >= 4 is 29.0 Å². The molecule has 1 amide bonds. The van der Waals surface area contributed by atoms with Gasteiger partial charge in [-0.05, 0) is 63.4 Å². The van der Waals surface area contributed by atoms with Gasteiger partial charge in [0.1, 0.15) is 5.03 Å². The first-order valence-electron chi connectivity index (χ1n) is 7.73. The minimum Gasteiger partial charge on any atom is -0.369 e. The molecule has 0 unspecified atom stereocenters. The van der Waals surface area contributed by atoms with Crippen molar-refractivity contribution in [3.63, 3.8) is 0 Å². The van der Waals surface area contributed by atoms with Crippen molar-refractivity contribution in [3.8, 4) is 0 Å². The average Bonchev–Trinajstić information content (AvgIpc) is 2.56. The predicted octanol–water partition coefficient (Wildman–Crippen LogP) is 4.29. The van der Waals surface area contributed by atoms with Crippen LogP contribution in [0.1, 0.15) is 31.1 Å². The summed E-state index contributed by atoms with van der Waals surface area (Å²) >= 11 is 1.47. The molecule has 0 aliphatic rings. The Kier molecular flexibility index (Phi) is 6.04. The molecule has 0 aliphatic carbocycles.